The number of benzene rings is 3. The summed E-state index contributed by atoms with van der Waals surface area (Å²) in [5.74, 6) is 1.08. The van der Waals surface area contributed by atoms with E-state index in [2.05, 4.69) is 5.32 Å². The Labute approximate surface area is 209 Å². The molecule has 35 heavy (non-hydrogen) atoms. The maximum absolute atomic E-state index is 14.0. The highest BCUT2D eigenvalue weighted by Crippen LogP contribution is 2.44. The second-order valence-corrected chi connectivity index (χ2v) is 9.21. The average molecular weight is 493 g/mol. The number of methoxy groups -OCH3 is 3. The number of amides is 2. The lowest BCUT2D eigenvalue weighted by molar-refractivity contribution is -0.119. The van der Waals surface area contributed by atoms with Gasteiger partial charge in [0, 0.05) is 17.0 Å². The smallest absolute Gasteiger partial charge is 0.256 e. The molecule has 0 aromatic heterocycles. The minimum Gasteiger partial charge on any atom is -0.493 e. The molecule has 3 aromatic carbocycles. The Morgan fingerprint density at radius 1 is 0.914 bits per heavy atom. The minimum atomic E-state index is -0.668. The van der Waals surface area contributed by atoms with E-state index in [4.69, 9.17) is 14.2 Å². The van der Waals surface area contributed by atoms with Crippen molar-refractivity contribution in [3.05, 3.63) is 83.4 Å². The van der Waals surface area contributed by atoms with Crippen LogP contribution in [-0.2, 0) is 4.79 Å². The van der Waals surface area contributed by atoms with Crippen LogP contribution in [0.25, 0.3) is 0 Å². The molecule has 1 aliphatic rings. The van der Waals surface area contributed by atoms with Gasteiger partial charge >= 0.3 is 0 Å². The van der Waals surface area contributed by atoms with Crippen LogP contribution in [0.2, 0.25) is 0 Å². The number of thioether (sulfide) groups is 1. The van der Waals surface area contributed by atoms with E-state index in [1.54, 1.807) is 28.8 Å². The van der Waals surface area contributed by atoms with Crippen LogP contribution in [0, 0.1) is 6.92 Å². The standard InChI is InChI=1S/C27H28N2O5S/c1-17-10-12-20(13-11-17)28-25(30)21-16-35-27(18-8-6-5-7-9-18)29(21)26(31)19-14-22(32-2)24(34-4)23(15-19)33-3/h5-15,21,27H,16H2,1-4H3,(H,28,30). The van der Waals surface area contributed by atoms with Crippen molar-refractivity contribution in [3.8, 4) is 17.2 Å². The number of hydrogen-bond donors (Lipinski definition) is 1. The summed E-state index contributed by atoms with van der Waals surface area (Å²) in [6, 6.07) is 19.9. The van der Waals surface area contributed by atoms with Gasteiger partial charge in [0.05, 0.1) is 21.3 Å². The molecular formula is C27H28N2O5S. The highest BCUT2D eigenvalue weighted by atomic mass is 32.2. The molecule has 0 aliphatic carbocycles. The molecule has 2 amide bonds. The summed E-state index contributed by atoms with van der Waals surface area (Å²) in [6.07, 6.45) is 0. The van der Waals surface area contributed by atoms with Crippen LogP contribution < -0.4 is 19.5 Å². The van der Waals surface area contributed by atoms with Crippen molar-refractivity contribution in [1.29, 1.82) is 0 Å². The van der Waals surface area contributed by atoms with E-state index >= 15 is 0 Å². The number of carbonyl (C=O) groups is 2. The summed E-state index contributed by atoms with van der Waals surface area (Å²) in [5, 5.41) is 2.64. The average Bonchev–Trinajstić information content (AvgIpc) is 3.34. The molecule has 8 heteroatoms. The number of anilines is 1. The van der Waals surface area contributed by atoms with Gasteiger partial charge in [-0.2, -0.15) is 0 Å². The van der Waals surface area contributed by atoms with Gasteiger partial charge in [0.1, 0.15) is 11.4 Å². The van der Waals surface area contributed by atoms with Gasteiger partial charge in [-0.05, 0) is 36.8 Å². The van der Waals surface area contributed by atoms with E-state index < -0.39 is 6.04 Å². The Bertz CT molecular complexity index is 1170. The highest BCUT2D eigenvalue weighted by molar-refractivity contribution is 7.99. The zero-order valence-corrected chi connectivity index (χ0v) is 20.9. The van der Waals surface area contributed by atoms with E-state index in [0.717, 1.165) is 11.1 Å². The molecule has 1 heterocycles. The second kappa shape index (κ2) is 10.7. The van der Waals surface area contributed by atoms with Crippen LogP contribution in [0.5, 0.6) is 17.2 Å². The van der Waals surface area contributed by atoms with Gasteiger partial charge in [-0.1, -0.05) is 48.0 Å². The summed E-state index contributed by atoms with van der Waals surface area (Å²) in [4.78, 5) is 29.0. The van der Waals surface area contributed by atoms with Crippen LogP contribution in [-0.4, -0.2) is 49.8 Å². The van der Waals surface area contributed by atoms with Gasteiger partial charge in [0.15, 0.2) is 11.5 Å². The number of nitrogens with zero attached hydrogens (tertiary/aromatic N) is 1. The number of carbonyl (C=O) groups excluding carboxylic acids is 2. The number of hydrogen-bond acceptors (Lipinski definition) is 6. The molecule has 182 valence electrons. The molecule has 0 bridgehead atoms. The van der Waals surface area contributed by atoms with Crippen LogP contribution in [0.15, 0.2) is 66.7 Å². The normalized spacial score (nSPS) is 17.1. The van der Waals surface area contributed by atoms with Crippen LogP contribution >= 0.6 is 11.8 Å². The first-order valence-corrected chi connectivity index (χ1v) is 12.2. The first-order valence-electron chi connectivity index (χ1n) is 11.1. The van der Waals surface area contributed by atoms with E-state index in [1.165, 1.54) is 21.3 Å². The van der Waals surface area contributed by atoms with Crippen LogP contribution in [0.3, 0.4) is 0 Å². The lowest BCUT2D eigenvalue weighted by Crippen LogP contribution is -2.45. The van der Waals surface area contributed by atoms with Crippen LogP contribution in [0.4, 0.5) is 5.69 Å². The topological polar surface area (TPSA) is 77.1 Å². The van der Waals surface area contributed by atoms with Gasteiger partial charge in [0.2, 0.25) is 11.7 Å². The first kappa shape index (κ1) is 24.5. The van der Waals surface area contributed by atoms with Gasteiger partial charge in [-0.25, -0.2) is 0 Å². The monoisotopic (exact) mass is 492 g/mol. The number of nitrogens with one attached hydrogen (secondary N) is 1. The quantitative estimate of drug-likeness (QED) is 0.505. The summed E-state index contributed by atoms with van der Waals surface area (Å²) in [5.41, 5.74) is 3.08. The first-order chi connectivity index (χ1) is 17.0. The van der Waals surface area contributed by atoms with Crippen molar-refractivity contribution < 1.29 is 23.8 Å². The van der Waals surface area contributed by atoms with Gasteiger partial charge in [-0.3, -0.25) is 9.59 Å². The summed E-state index contributed by atoms with van der Waals surface area (Å²) < 4.78 is 16.3. The van der Waals surface area contributed by atoms with E-state index in [0.29, 0.717) is 34.3 Å². The van der Waals surface area contributed by atoms with Crippen LogP contribution in [0.1, 0.15) is 26.9 Å². The largest absolute Gasteiger partial charge is 0.493 e. The van der Waals surface area contributed by atoms with Crippen molar-refractivity contribution >= 4 is 29.3 Å². The van der Waals surface area contributed by atoms with Crippen molar-refractivity contribution in [2.24, 2.45) is 0 Å². The molecule has 0 radical (unpaired) electrons. The highest BCUT2D eigenvalue weighted by Gasteiger charge is 2.43. The Balaban J connectivity index is 1.71. The zero-order chi connectivity index (χ0) is 24.9. The third-order valence-electron chi connectivity index (χ3n) is 5.85. The summed E-state index contributed by atoms with van der Waals surface area (Å²) in [6.45, 7) is 1.99. The third kappa shape index (κ3) is 5.07. The predicted molar refractivity (Wildman–Crippen MR) is 138 cm³/mol. The predicted octanol–water partition coefficient (Wildman–Crippen LogP) is 4.92. The summed E-state index contributed by atoms with van der Waals surface area (Å²) in [7, 11) is 4.51. The van der Waals surface area contributed by atoms with Crippen molar-refractivity contribution in [3.63, 3.8) is 0 Å². The molecule has 1 aliphatic heterocycles. The molecule has 2 unspecified atom stereocenters. The Hall–Kier alpha value is -3.65. The van der Waals surface area contributed by atoms with Crippen molar-refractivity contribution in [2.45, 2.75) is 18.3 Å². The van der Waals surface area contributed by atoms with Crippen molar-refractivity contribution in [2.75, 3.05) is 32.4 Å². The molecule has 3 aromatic rings. The molecule has 4 rings (SSSR count). The Morgan fingerprint density at radius 3 is 2.11 bits per heavy atom. The van der Waals surface area contributed by atoms with Gasteiger partial charge in [-0.15, -0.1) is 11.8 Å². The van der Waals surface area contributed by atoms with Gasteiger partial charge < -0.3 is 24.4 Å². The molecule has 1 N–H and O–H groups in total. The van der Waals surface area contributed by atoms with Crippen molar-refractivity contribution in [1.82, 2.24) is 4.90 Å². The fourth-order valence-corrected chi connectivity index (χ4v) is 5.48. The molecule has 1 saturated heterocycles. The molecule has 2 atom stereocenters. The van der Waals surface area contributed by atoms with E-state index in [1.807, 2.05) is 61.5 Å². The molecule has 7 nitrogen and oxygen atoms in total. The maximum Gasteiger partial charge on any atom is 0.256 e. The SMILES string of the molecule is COc1cc(C(=O)N2C(C(=O)Nc3ccc(C)cc3)CSC2c2ccccc2)cc(OC)c1OC. The van der Waals surface area contributed by atoms with Gasteiger partial charge in [0.25, 0.3) is 5.91 Å². The fraction of sp³-hybridized carbons (Fsp3) is 0.259. The molecule has 0 saturated carbocycles. The molecule has 1 fully saturated rings. The molecule has 0 spiro atoms. The zero-order valence-electron chi connectivity index (χ0n) is 20.1. The number of aryl methyl sites for hydroxylation is 1. The Kier molecular flexibility index (Phi) is 7.51. The van der Waals surface area contributed by atoms with E-state index in [9.17, 15) is 9.59 Å². The molecular weight excluding hydrogens is 464 g/mol. The third-order valence-corrected chi connectivity index (χ3v) is 7.18. The lowest BCUT2D eigenvalue weighted by Gasteiger charge is -2.29. The number of rotatable bonds is 7. The summed E-state index contributed by atoms with van der Waals surface area (Å²) >= 11 is 1.56. The fourth-order valence-electron chi connectivity index (χ4n) is 4.05. The van der Waals surface area contributed by atoms with E-state index in [-0.39, 0.29) is 17.2 Å². The Morgan fingerprint density at radius 2 is 1.54 bits per heavy atom. The second-order valence-electron chi connectivity index (χ2n) is 8.09. The lowest BCUT2D eigenvalue weighted by atomic mass is 10.1. The number of ether oxygens (including phenoxy) is 3. The minimum absolute atomic E-state index is 0.236. The maximum atomic E-state index is 14.0.